The Morgan fingerprint density at radius 3 is 2.69 bits per heavy atom. The van der Waals surface area contributed by atoms with E-state index in [1.807, 2.05) is 30.3 Å². The lowest BCUT2D eigenvalue weighted by Gasteiger charge is -2.50. The molecule has 1 aromatic rings. The number of carbonyl (C=O) groups excluding carboxylic acids is 3. The second kappa shape index (κ2) is 9.33. The molecule has 0 radical (unpaired) electrons. The fraction of sp³-hybridized carbons (Fsp3) is 0.455. The smallest absolute Gasteiger partial charge is 0.352 e. The van der Waals surface area contributed by atoms with Gasteiger partial charge < -0.3 is 19.9 Å². The number of nitrogens with one attached hydrogen (secondary N) is 1. The van der Waals surface area contributed by atoms with Crippen molar-refractivity contribution < 1.29 is 33.8 Å². The van der Waals surface area contributed by atoms with Crippen LogP contribution in [0.1, 0.15) is 25.3 Å². The Labute approximate surface area is 189 Å². The molecule has 32 heavy (non-hydrogen) atoms. The highest BCUT2D eigenvalue weighted by Gasteiger charge is 2.55. The fourth-order valence-electron chi connectivity index (χ4n) is 4.19. The highest BCUT2D eigenvalue weighted by atomic mass is 32.2. The quantitative estimate of drug-likeness (QED) is 0.458. The van der Waals surface area contributed by atoms with Gasteiger partial charge in [-0.1, -0.05) is 30.3 Å². The first kappa shape index (κ1) is 22.3. The molecule has 2 amide bonds. The summed E-state index contributed by atoms with van der Waals surface area (Å²) in [6, 6.07) is 8.44. The maximum Gasteiger partial charge on any atom is 0.352 e. The number of β-lactam (4-membered cyclic amide) rings is 1. The summed E-state index contributed by atoms with van der Waals surface area (Å²) in [5.74, 6) is -1.93. The molecule has 3 aliphatic rings. The minimum absolute atomic E-state index is 0.0644. The van der Waals surface area contributed by atoms with Crippen molar-refractivity contribution in [2.24, 2.45) is 0 Å². The van der Waals surface area contributed by atoms with Crippen LogP contribution in [0.25, 0.3) is 0 Å². The zero-order valence-electron chi connectivity index (χ0n) is 17.5. The van der Waals surface area contributed by atoms with E-state index in [0.29, 0.717) is 24.2 Å². The number of fused-ring (bicyclic) bond motifs is 1. The van der Waals surface area contributed by atoms with Crippen molar-refractivity contribution in [3.05, 3.63) is 47.2 Å². The van der Waals surface area contributed by atoms with Gasteiger partial charge in [-0.2, -0.15) is 0 Å². The van der Waals surface area contributed by atoms with Gasteiger partial charge >= 0.3 is 11.9 Å². The van der Waals surface area contributed by atoms with Crippen LogP contribution < -0.4 is 5.32 Å². The van der Waals surface area contributed by atoms with E-state index >= 15 is 0 Å². The zero-order chi connectivity index (χ0) is 22.8. The lowest BCUT2D eigenvalue weighted by Crippen LogP contribution is -2.70. The van der Waals surface area contributed by atoms with Gasteiger partial charge in [0, 0.05) is 12.7 Å². The molecule has 4 atom stereocenters. The van der Waals surface area contributed by atoms with Crippen LogP contribution in [0.4, 0.5) is 0 Å². The monoisotopic (exact) mass is 460 g/mol. The third-order valence-corrected chi connectivity index (χ3v) is 7.00. The number of benzene rings is 1. The molecule has 2 saturated heterocycles. The Morgan fingerprint density at radius 2 is 2.00 bits per heavy atom. The molecule has 0 aliphatic carbocycles. The molecule has 3 heterocycles. The van der Waals surface area contributed by atoms with Gasteiger partial charge in [0.1, 0.15) is 23.7 Å². The summed E-state index contributed by atoms with van der Waals surface area (Å²) in [4.78, 5) is 49.5. The van der Waals surface area contributed by atoms with E-state index < -0.39 is 35.4 Å². The molecular weight excluding hydrogens is 436 g/mol. The van der Waals surface area contributed by atoms with Crippen LogP contribution in [0.2, 0.25) is 0 Å². The highest BCUT2D eigenvalue weighted by molar-refractivity contribution is 8.00. The lowest BCUT2D eigenvalue weighted by molar-refractivity contribution is -0.151. The summed E-state index contributed by atoms with van der Waals surface area (Å²) >= 11 is 1.41. The molecule has 0 bridgehead atoms. The normalized spacial score (nSPS) is 26.9. The Balaban J connectivity index is 1.43. The van der Waals surface area contributed by atoms with Crippen LogP contribution in [-0.2, 0) is 35.1 Å². The van der Waals surface area contributed by atoms with Crippen molar-refractivity contribution in [1.82, 2.24) is 10.2 Å². The number of carboxylic acid groups (broad SMARTS) is 1. The van der Waals surface area contributed by atoms with Crippen molar-refractivity contribution in [2.75, 3.05) is 12.4 Å². The molecule has 10 heteroatoms. The van der Waals surface area contributed by atoms with Crippen molar-refractivity contribution in [3.8, 4) is 0 Å². The van der Waals surface area contributed by atoms with Gasteiger partial charge in [0.05, 0.1) is 18.6 Å². The summed E-state index contributed by atoms with van der Waals surface area (Å²) in [7, 11) is 0. The van der Waals surface area contributed by atoms with Crippen LogP contribution in [0, 0.1) is 0 Å². The van der Waals surface area contributed by atoms with Crippen LogP contribution in [-0.4, -0.2) is 69.7 Å². The average Bonchev–Trinajstić information content (AvgIpc) is 3.24. The largest absolute Gasteiger partial charge is 0.477 e. The third-order valence-electron chi connectivity index (χ3n) is 5.69. The van der Waals surface area contributed by atoms with Gasteiger partial charge in [-0.15, -0.1) is 11.8 Å². The van der Waals surface area contributed by atoms with E-state index in [9.17, 15) is 24.3 Å². The molecule has 9 nitrogen and oxygen atoms in total. The van der Waals surface area contributed by atoms with E-state index in [0.717, 1.165) is 5.56 Å². The standard InChI is InChI=1S/C22H24N2O7S/c1-12(25)30-10-14-7-8-16(31-14)15-11-32-21-18(20(27)24(21)19(15)22(28)29)23-17(26)9-13-5-3-2-4-6-13/h2-6,14,16,18,21H,7-11H2,1H3,(H,23,26)(H,28,29)/t14-,16+,18-,21-/m1/s1. The van der Waals surface area contributed by atoms with Gasteiger partial charge in [-0.3, -0.25) is 19.3 Å². The van der Waals surface area contributed by atoms with E-state index in [1.165, 1.54) is 23.6 Å². The number of nitrogens with zero attached hydrogens (tertiary/aromatic N) is 1. The van der Waals surface area contributed by atoms with E-state index in [-0.39, 0.29) is 30.7 Å². The number of rotatable bonds is 7. The molecule has 2 N–H and O–H groups in total. The van der Waals surface area contributed by atoms with Crippen LogP contribution in [0.15, 0.2) is 41.6 Å². The number of aliphatic carboxylic acids is 1. The number of thioether (sulfide) groups is 1. The van der Waals surface area contributed by atoms with Gasteiger partial charge in [-0.05, 0) is 24.0 Å². The number of amides is 2. The molecule has 170 valence electrons. The molecule has 2 fully saturated rings. The predicted molar refractivity (Wildman–Crippen MR) is 114 cm³/mol. The Morgan fingerprint density at radius 1 is 1.25 bits per heavy atom. The number of ether oxygens (including phenoxy) is 2. The first-order chi connectivity index (χ1) is 15.3. The number of carbonyl (C=O) groups is 4. The zero-order valence-corrected chi connectivity index (χ0v) is 18.3. The van der Waals surface area contributed by atoms with E-state index in [2.05, 4.69) is 5.32 Å². The van der Waals surface area contributed by atoms with Gasteiger partial charge in [0.25, 0.3) is 5.91 Å². The predicted octanol–water partition coefficient (Wildman–Crippen LogP) is 1.08. The second-order valence-corrected chi connectivity index (χ2v) is 9.03. The SMILES string of the molecule is CC(=O)OC[C@H]1CC[C@@H](C2=C(C(=O)O)N3C(=O)[C@@H](NC(=O)Cc4ccccc4)[C@H]3SC2)O1. The molecule has 4 rings (SSSR count). The van der Waals surface area contributed by atoms with Crippen molar-refractivity contribution >= 4 is 35.5 Å². The number of carboxylic acids is 1. The summed E-state index contributed by atoms with van der Waals surface area (Å²) < 4.78 is 10.9. The minimum Gasteiger partial charge on any atom is -0.477 e. The van der Waals surface area contributed by atoms with Crippen molar-refractivity contribution in [2.45, 2.75) is 49.8 Å². The van der Waals surface area contributed by atoms with Gasteiger partial charge in [0.15, 0.2) is 0 Å². The van der Waals surface area contributed by atoms with E-state index in [4.69, 9.17) is 9.47 Å². The molecule has 0 aromatic heterocycles. The molecule has 0 unspecified atom stereocenters. The topological polar surface area (TPSA) is 122 Å². The highest BCUT2D eigenvalue weighted by Crippen LogP contribution is 2.43. The maximum atomic E-state index is 12.8. The summed E-state index contributed by atoms with van der Waals surface area (Å²) in [6.07, 6.45) is 0.618. The number of hydrogen-bond donors (Lipinski definition) is 2. The average molecular weight is 461 g/mol. The molecular formula is C22H24N2O7S. The van der Waals surface area contributed by atoms with Crippen LogP contribution >= 0.6 is 11.8 Å². The first-order valence-corrected chi connectivity index (χ1v) is 11.4. The first-order valence-electron chi connectivity index (χ1n) is 10.4. The third kappa shape index (κ3) is 4.51. The Kier molecular flexibility index (Phi) is 6.52. The fourth-order valence-corrected chi connectivity index (χ4v) is 5.60. The Hall–Kier alpha value is -2.85. The summed E-state index contributed by atoms with van der Waals surface area (Å²) in [5, 5.41) is 12.1. The summed E-state index contributed by atoms with van der Waals surface area (Å²) in [5.41, 5.74) is 1.32. The molecule has 0 saturated carbocycles. The van der Waals surface area contributed by atoms with Crippen LogP contribution in [0.3, 0.4) is 0 Å². The molecule has 0 spiro atoms. The van der Waals surface area contributed by atoms with Crippen molar-refractivity contribution in [3.63, 3.8) is 0 Å². The Bertz CT molecular complexity index is 964. The van der Waals surface area contributed by atoms with E-state index in [1.54, 1.807) is 0 Å². The maximum absolute atomic E-state index is 12.8. The lowest BCUT2D eigenvalue weighted by atomic mass is 9.99. The summed E-state index contributed by atoms with van der Waals surface area (Å²) in [6.45, 7) is 1.44. The van der Waals surface area contributed by atoms with Crippen LogP contribution in [0.5, 0.6) is 0 Å². The number of esters is 1. The molecule has 3 aliphatic heterocycles. The molecule has 1 aromatic carbocycles. The number of hydrogen-bond acceptors (Lipinski definition) is 7. The van der Waals surface area contributed by atoms with Gasteiger partial charge in [0.2, 0.25) is 5.91 Å². The van der Waals surface area contributed by atoms with Gasteiger partial charge in [-0.25, -0.2) is 4.79 Å². The van der Waals surface area contributed by atoms with Crippen molar-refractivity contribution in [1.29, 1.82) is 0 Å². The minimum atomic E-state index is -1.19. The second-order valence-electron chi connectivity index (χ2n) is 7.92.